The molecule has 0 aromatic carbocycles. The van der Waals surface area contributed by atoms with E-state index in [0.29, 0.717) is 6.42 Å². The Morgan fingerprint density at radius 3 is 3.12 bits per heavy atom. The van der Waals surface area contributed by atoms with Crippen LogP contribution in [0.25, 0.3) is 0 Å². The van der Waals surface area contributed by atoms with Crippen molar-refractivity contribution < 1.29 is 0 Å². The molecule has 16 heavy (non-hydrogen) atoms. The molecule has 2 N–H and O–H groups in total. The van der Waals surface area contributed by atoms with Crippen LogP contribution >= 0.6 is 11.7 Å². The first-order chi connectivity index (χ1) is 7.81. The minimum atomic E-state index is -0.114. The predicted octanol–water partition coefficient (Wildman–Crippen LogP) is 1.39. The van der Waals surface area contributed by atoms with Crippen LogP contribution in [0.1, 0.15) is 30.9 Å². The van der Waals surface area contributed by atoms with Crippen molar-refractivity contribution in [1.82, 2.24) is 18.3 Å². The maximum Gasteiger partial charge on any atom is 0.110 e. The van der Waals surface area contributed by atoms with Crippen LogP contribution in [0.3, 0.4) is 0 Å². The molecule has 2 heterocycles. The summed E-state index contributed by atoms with van der Waals surface area (Å²) in [6.07, 6.45) is 7.33. The fourth-order valence-electron chi connectivity index (χ4n) is 1.61. The van der Waals surface area contributed by atoms with E-state index in [1.54, 1.807) is 6.20 Å². The Morgan fingerprint density at radius 2 is 2.44 bits per heavy atom. The molecule has 0 spiro atoms. The Morgan fingerprint density at radius 1 is 1.56 bits per heavy atom. The molecule has 0 aliphatic heterocycles. The van der Waals surface area contributed by atoms with E-state index in [2.05, 4.69) is 25.2 Å². The molecule has 86 valence electrons. The van der Waals surface area contributed by atoms with Gasteiger partial charge in [0.05, 0.1) is 29.7 Å². The molecule has 2 aromatic rings. The maximum absolute atomic E-state index is 6.05. The van der Waals surface area contributed by atoms with Crippen LogP contribution in [0.2, 0.25) is 0 Å². The molecule has 0 saturated carbocycles. The summed E-state index contributed by atoms with van der Waals surface area (Å²) in [7, 11) is 0. The lowest BCUT2D eigenvalue weighted by atomic mass is 10.1. The summed E-state index contributed by atoms with van der Waals surface area (Å²) < 4.78 is 10.2. The second-order valence-electron chi connectivity index (χ2n) is 3.68. The smallest absolute Gasteiger partial charge is 0.110 e. The second kappa shape index (κ2) is 5.18. The number of aryl methyl sites for hydroxylation is 1. The first kappa shape index (κ1) is 11.2. The van der Waals surface area contributed by atoms with E-state index >= 15 is 0 Å². The number of nitrogens with two attached hydrogens (primary N) is 1. The van der Waals surface area contributed by atoms with Gasteiger partial charge in [-0.3, -0.25) is 0 Å². The molecular formula is C10H15N5S. The Labute approximate surface area is 98.7 Å². The highest BCUT2D eigenvalue weighted by molar-refractivity contribution is 6.99. The van der Waals surface area contributed by atoms with E-state index < -0.39 is 0 Å². The van der Waals surface area contributed by atoms with E-state index in [4.69, 9.17) is 5.73 Å². The monoisotopic (exact) mass is 237 g/mol. The number of hydrogen-bond donors (Lipinski definition) is 1. The summed E-state index contributed by atoms with van der Waals surface area (Å²) in [5.74, 6) is 1.02. The summed E-state index contributed by atoms with van der Waals surface area (Å²) in [4.78, 5) is 4.32. The van der Waals surface area contributed by atoms with Gasteiger partial charge in [0.15, 0.2) is 0 Å². The van der Waals surface area contributed by atoms with Crippen molar-refractivity contribution in [3.05, 3.63) is 30.1 Å². The van der Waals surface area contributed by atoms with E-state index in [-0.39, 0.29) is 6.04 Å². The molecule has 5 nitrogen and oxygen atoms in total. The Hall–Kier alpha value is -1.27. The Balaban J connectivity index is 2.06. The van der Waals surface area contributed by atoms with Crippen LogP contribution < -0.4 is 5.73 Å². The van der Waals surface area contributed by atoms with E-state index in [1.165, 1.54) is 11.7 Å². The molecule has 0 amide bonds. The summed E-state index contributed by atoms with van der Waals surface area (Å²) in [6, 6.07) is -0.114. The fraction of sp³-hybridized carbons (Fsp3) is 0.500. The van der Waals surface area contributed by atoms with Crippen molar-refractivity contribution in [2.24, 2.45) is 5.73 Å². The van der Waals surface area contributed by atoms with Gasteiger partial charge in [-0.25, -0.2) is 4.98 Å². The third-order valence-corrected chi connectivity index (χ3v) is 2.92. The molecule has 2 rings (SSSR count). The zero-order valence-corrected chi connectivity index (χ0v) is 10.0. The van der Waals surface area contributed by atoms with Crippen molar-refractivity contribution >= 4 is 11.7 Å². The van der Waals surface area contributed by atoms with Crippen LogP contribution in [0.5, 0.6) is 0 Å². The lowest BCUT2D eigenvalue weighted by Crippen LogP contribution is -2.16. The Bertz CT molecular complexity index is 422. The largest absolute Gasteiger partial charge is 0.335 e. The van der Waals surface area contributed by atoms with Gasteiger partial charge in [-0.1, -0.05) is 6.92 Å². The number of nitrogens with zero attached hydrogens (tertiary/aromatic N) is 4. The van der Waals surface area contributed by atoms with Gasteiger partial charge in [-0.05, 0) is 6.42 Å². The molecule has 1 unspecified atom stereocenters. The third kappa shape index (κ3) is 2.45. The van der Waals surface area contributed by atoms with Gasteiger partial charge in [-0.2, -0.15) is 8.75 Å². The van der Waals surface area contributed by atoms with Gasteiger partial charge >= 0.3 is 0 Å². The molecule has 2 aromatic heterocycles. The van der Waals surface area contributed by atoms with Gasteiger partial charge in [0, 0.05) is 25.4 Å². The predicted molar refractivity (Wildman–Crippen MR) is 63.1 cm³/mol. The van der Waals surface area contributed by atoms with Crippen LogP contribution in [0.15, 0.2) is 18.6 Å². The number of rotatable bonds is 5. The molecule has 1 atom stereocenters. The summed E-state index contributed by atoms with van der Waals surface area (Å²) in [6.45, 7) is 3.13. The SMILES string of the molecule is CCCn1ccnc1CC(N)c1cnsn1. The molecule has 0 aliphatic carbocycles. The van der Waals surface area contributed by atoms with Crippen molar-refractivity contribution in [2.45, 2.75) is 32.4 Å². The molecule has 0 radical (unpaired) electrons. The lowest BCUT2D eigenvalue weighted by Gasteiger charge is -2.10. The van der Waals surface area contributed by atoms with Gasteiger partial charge < -0.3 is 10.3 Å². The van der Waals surface area contributed by atoms with Crippen molar-refractivity contribution in [3.63, 3.8) is 0 Å². The summed E-state index contributed by atoms with van der Waals surface area (Å²) in [5, 5.41) is 0. The molecular weight excluding hydrogens is 222 g/mol. The topological polar surface area (TPSA) is 69.6 Å². The fourth-order valence-corrected chi connectivity index (χ4v) is 2.09. The number of aromatic nitrogens is 4. The highest BCUT2D eigenvalue weighted by Crippen LogP contribution is 2.13. The van der Waals surface area contributed by atoms with E-state index in [9.17, 15) is 0 Å². The van der Waals surface area contributed by atoms with Gasteiger partial charge in [0.25, 0.3) is 0 Å². The van der Waals surface area contributed by atoms with Crippen LogP contribution in [-0.2, 0) is 13.0 Å². The zero-order chi connectivity index (χ0) is 11.4. The third-order valence-electron chi connectivity index (χ3n) is 2.43. The van der Waals surface area contributed by atoms with Crippen LogP contribution in [-0.4, -0.2) is 18.3 Å². The van der Waals surface area contributed by atoms with Crippen LogP contribution in [0.4, 0.5) is 0 Å². The quantitative estimate of drug-likeness (QED) is 0.853. The standard InChI is InChI=1S/C10H15N5S/c1-2-4-15-5-3-12-10(15)6-8(11)9-7-13-16-14-9/h3,5,7-8H,2,4,6,11H2,1H3. The number of hydrogen-bond acceptors (Lipinski definition) is 5. The molecule has 0 saturated heterocycles. The van der Waals surface area contributed by atoms with Crippen molar-refractivity contribution in [3.8, 4) is 0 Å². The van der Waals surface area contributed by atoms with Crippen molar-refractivity contribution in [2.75, 3.05) is 0 Å². The molecule has 0 fully saturated rings. The summed E-state index contributed by atoms with van der Waals surface area (Å²) >= 11 is 1.19. The van der Waals surface area contributed by atoms with Gasteiger partial charge in [0.1, 0.15) is 5.82 Å². The maximum atomic E-state index is 6.05. The highest BCUT2D eigenvalue weighted by Gasteiger charge is 2.13. The van der Waals surface area contributed by atoms with Crippen LogP contribution in [0, 0.1) is 0 Å². The van der Waals surface area contributed by atoms with Gasteiger partial charge in [0.2, 0.25) is 0 Å². The summed E-state index contributed by atoms with van der Waals surface area (Å²) in [5.41, 5.74) is 6.89. The highest BCUT2D eigenvalue weighted by atomic mass is 32.1. The molecule has 0 bridgehead atoms. The molecule has 0 aliphatic rings. The zero-order valence-electron chi connectivity index (χ0n) is 9.21. The van der Waals surface area contributed by atoms with Gasteiger partial charge in [-0.15, -0.1) is 0 Å². The Kier molecular flexibility index (Phi) is 3.63. The minimum Gasteiger partial charge on any atom is -0.335 e. The second-order valence-corrected chi connectivity index (χ2v) is 4.24. The molecule has 6 heteroatoms. The average Bonchev–Trinajstić information content (AvgIpc) is 2.90. The van der Waals surface area contributed by atoms with Crippen molar-refractivity contribution in [1.29, 1.82) is 0 Å². The average molecular weight is 237 g/mol. The first-order valence-corrected chi connectivity index (χ1v) is 6.07. The first-order valence-electron chi connectivity index (χ1n) is 5.34. The van der Waals surface area contributed by atoms with E-state index in [0.717, 1.165) is 24.5 Å². The minimum absolute atomic E-state index is 0.114. The normalized spacial score (nSPS) is 12.9. The number of imidazole rings is 1. The van der Waals surface area contributed by atoms with E-state index in [1.807, 2.05) is 12.4 Å². The lowest BCUT2D eigenvalue weighted by molar-refractivity contribution is 0.594.